The fourth-order valence-corrected chi connectivity index (χ4v) is 8.01. The molecule has 30 heavy (non-hydrogen) atoms. The summed E-state index contributed by atoms with van der Waals surface area (Å²) in [6.07, 6.45) is 6.72. The Bertz CT molecular complexity index is 886. The number of rotatable bonds is 2. The standard InChI is InChI=1S/C24H32O6/c1-21(2)29-20-11-17-15-6-5-13-9-14(26)10-18(27)23(13,4)16(15)7-8-22(17,3)24(20,30-21)19(28)12-25/h9-10,15-17,20,25-26H,5-8,11-12H2,1-4H3/t15-,16+,17+,20?,22+,23+,24-/m1/s1. The normalized spacial score (nSPS) is 48.8. The Kier molecular flexibility index (Phi) is 4.11. The smallest absolute Gasteiger partial charge is 0.193 e. The summed E-state index contributed by atoms with van der Waals surface area (Å²) in [6.45, 7) is 7.28. The van der Waals surface area contributed by atoms with Gasteiger partial charge in [0.2, 0.25) is 0 Å². The number of carbonyl (C=O) groups excluding carboxylic acids is 2. The van der Waals surface area contributed by atoms with Crippen LogP contribution in [-0.2, 0) is 19.1 Å². The molecule has 4 aliphatic carbocycles. The van der Waals surface area contributed by atoms with Crippen molar-refractivity contribution in [3.63, 3.8) is 0 Å². The summed E-state index contributed by atoms with van der Waals surface area (Å²) in [5.41, 5.74) is -1.14. The molecule has 0 bridgehead atoms. The molecule has 164 valence electrons. The average Bonchev–Trinajstić information content (AvgIpc) is 3.08. The van der Waals surface area contributed by atoms with Crippen LogP contribution in [0.3, 0.4) is 0 Å². The van der Waals surface area contributed by atoms with Crippen molar-refractivity contribution >= 4 is 11.6 Å². The van der Waals surface area contributed by atoms with E-state index >= 15 is 0 Å². The zero-order valence-electron chi connectivity index (χ0n) is 18.2. The predicted molar refractivity (Wildman–Crippen MR) is 108 cm³/mol. The number of fused-ring (bicyclic) bond motifs is 7. The third kappa shape index (κ3) is 2.25. The molecule has 3 saturated carbocycles. The molecule has 1 saturated heterocycles. The van der Waals surface area contributed by atoms with Gasteiger partial charge in [-0.2, -0.15) is 0 Å². The Morgan fingerprint density at radius 3 is 2.60 bits per heavy atom. The van der Waals surface area contributed by atoms with Crippen molar-refractivity contribution in [2.24, 2.45) is 28.6 Å². The van der Waals surface area contributed by atoms with Crippen LogP contribution in [0.1, 0.15) is 59.8 Å². The highest BCUT2D eigenvalue weighted by molar-refractivity contribution is 5.99. The van der Waals surface area contributed by atoms with Gasteiger partial charge < -0.3 is 19.7 Å². The number of ketones is 2. The van der Waals surface area contributed by atoms with Crippen LogP contribution in [0.2, 0.25) is 0 Å². The highest BCUT2D eigenvalue weighted by atomic mass is 16.8. The molecule has 0 aromatic heterocycles. The number of carbonyl (C=O) groups is 2. The van der Waals surface area contributed by atoms with Gasteiger partial charge in [-0.05, 0) is 76.7 Å². The molecular formula is C24H32O6. The molecule has 0 amide bonds. The largest absolute Gasteiger partial charge is 0.508 e. The van der Waals surface area contributed by atoms with Gasteiger partial charge in [0.15, 0.2) is 23.0 Å². The van der Waals surface area contributed by atoms with Crippen molar-refractivity contribution in [3.8, 4) is 0 Å². The van der Waals surface area contributed by atoms with Gasteiger partial charge >= 0.3 is 0 Å². The quantitative estimate of drug-likeness (QED) is 0.718. The van der Waals surface area contributed by atoms with Crippen LogP contribution < -0.4 is 0 Å². The van der Waals surface area contributed by atoms with E-state index < -0.39 is 28.8 Å². The zero-order chi connectivity index (χ0) is 21.7. The second kappa shape index (κ2) is 6.05. The Hall–Kier alpha value is -1.50. The zero-order valence-corrected chi connectivity index (χ0v) is 18.2. The number of allylic oxidation sites excluding steroid dienone is 3. The van der Waals surface area contributed by atoms with E-state index in [0.717, 1.165) is 31.3 Å². The molecule has 6 nitrogen and oxygen atoms in total. The number of Topliss-reactive ketones (excluding diaryl/α,β-unsaturated/α-hetero) is 1. The SMILES string of the molecule is CC1(C)OC2C[C@H]3[C@@H]4CCC5=CC(O)=CC(=O)[C@]5(C)[C@H]4CC[C@]3(C)[C@]2(C(=O)CO)O1. The minimum Gasteiger partial charge on any atom is -0.508 e. The Morgan fingerprint density at radius 1 is 1.17 bits per heavy atom. The summed E-state index contributed by atoms with van der Waals surface area (Å²) in [7, 11) is 0. The average molecular weight is 417 g/mol. The first-order valence-electron chi connectivity index (χ1n) is 11.2. The third-order valence-electron chi connectivity index (χ3n) is 9.26. The minimum absolute atomic E-state index is 0.0104. The number of aliphatic hydroxyl groups is 2. The molecule has 5 aliphatic rings. The first kappa shape index (κ1) is 20.4. The number of hydrogen-bond donors (Lipinski definition) is 2. The van der Waals surface area contributed by atoms with E-state index in [9.17, 15) is 19.8 Å². The second-order valence-corrected chi connectivity index (χ2v) is 10.8. The first-order valence-corrected chi connectivity index (χ1v) is 11.2. The van der Waals surface area contributed by atoms with Gasteiger partial charge in [0.1, 0.15) is 12.4 Å². The molecule has 7 atom stereocenters. The van der Waals surface area contributed by atoms with Crippen molar-refractivity contribution in [2.45, 2.75) is 77.3 Å². The van der Waals surface area contributed by atoms with E-state index in [4.69, 9.17) is 9.47 Å². The summed E-state index contributed by atoms with van der Waals surface area (Å²) in [6, 6.07) is 0. The molecule has 5 rings (SSSR count). The topological polar surface area (TPSA) is 93.1 Å². The van der Waals surface area contributed by atoms with Crippen LogP contribution in [0.5, 0.6) is 0 Å². The maximum Gasteiger partial charge on any atom is 0.193 e. The van der Waals surface area contributed by atoms with Crippen molar-refractivity contribution in [1.29, 1.82) is 0 Å². The molecular weight excluding hydrogens is 384 g/mol. The Balaban J connectivity index is 1.56. The van der Waals surface area contributed by atoms with Crippen molar-refractivity contribution in [1.82, 2.24) is 0 Å². The lowest BCUT2D eigenvalue weighted by molar-refractivity contribution is -0.215. The number of hydrogen-bond acceptors (Lipinski definition) is 6. The Morgan fingerprint density at radius 2 is 1.90 bits per heavy atom. The van der Waals surface area contributed by atoms with Crippen LogP contribution in [-0.4, -0.2) is 45.9 Å². The highest BCUT2D eigenvalue weighted by Crippen LogP contribution is 2.70. The minimum atomic E-state index is -1.13. The van der Waals surface area contributed by atoms with Crippen LogP contribution in [0.25, 0.3) is 0 Å². The molecule has 1 aliphatic heterocycles. The lowest BCUT2D eigenvalue weighted by Gasteiger charge is -2.58. The molecule has 0 aromatic rings. The van der Waals surface area contributed by atoms with E-state index in [1.165, 1.54) is 6.08 Å². The van der Waals surface area contributed by atoms with Crippen LogP contribution in [0.4, 0.5) is 0 Å². The molecule has 4 fully saturated rings. The van der Waals surface area contributed by atoms with Gasteiger partial charge in [-0.1, -0.05) is 12.5 Å². The van der Waals surface area contributed by atoms with Gasteiger partial charge in [-0.3, -0.25) is 9.59 Å². The van der Waals surface area contributed by atoms with Gasteiger partial charge in [-0.25, -0.2) is 0 Å². The fourth-order valence-electron chi connectivity index (χ4n) is 8.01. The number of aliphatic hydroxyl groups excluding tert-OH is 2. The van der Waals surface area contributed by atoms with E-state index in [2.05, 4.69) is 6.92 Å². The summed E-state index contributed by atoms with van der Waals surface area (Å²) in [5.74, 6) is -0.490. The molecule has 1 unspecified atom stereocenters. The van der Waals surface area contributed by atoms with Gasteiger partial charge in [0.25, 0.3) is 0 Å². The van der Waals surface area contributed by atoms with Crippen molar-refractivity contribution in [2.75, 3.05) is 6.61 Å². The molecule has 0 spiro atoms. The summed E-state index contributed by atoms with van der Waals surface area (Å²) >= 11 is 0. The molecule has 6 heteroatoms. The molecule has 0 aromatic carbocycles. The summed E-state index contributed by atoms with van der Waals surface area (Å²) < 4.78 is 12.6. The van der Waals surface area contributed by atoms with Crippen molar-refractivity contribution < 1.29 is 29.3 Å². The lowest BCUT2D eigenvalue weighted by Crippen LogP contribution is -2.61. The fraction of sp³-hybridized carbons (Fsp3) is 0.750. The molecule has 0 radical (unpaired) electrons. The third-order valence-corrected chi connectivity index (χ3v) is 9.26. The van der Waals surface area contributed by atoms with E-state index in [1.54, 1.807) is 6.08 Å². The van der Waals surface area contributed by atoms with Crippen LogP contribution in [0.15, 0.2) is 23.5 Å². The second-order valence-electron chi connectivity index (χ2n) is 10.8. The molecule has 2 N–H and O–H groups in total. The maximum atomic E-state index is 13.2. The van der Waals surface area contributed by atoms with Crippen LogP contribution in [0, 0.1) is 28.6 Å². The highest BCUT2D eigenvalue weighted by Gasteiger charge is 2.75. The van der Waals surface area contributed by atoms with Gasteiger partial charge in [0.05, 0.1) is 11.5 Å². The first-order chi connectivity index (χ1) is 14.0. The molecule has 1 heterocycles. The van der Waals surface area contributed by atoms with E-state index in [-0.39, 0.29) is 41.2 Å². The summed E-state index contributed by atoms with van der Waals surface area (Å²) in [4.78, 5) is 26.2. The van der Waals surface area contributed by atoms with Gasteiger partial charge in [0, 0.05) is 11.5 Å². The Labute approximate surface area is 177 Å². The van der Waals surface area contributed by atoms with E-state index in [0.29, 0.717) is 6.42 Å². The predicted octanol–water partition coefficient (Wildman–Crippen LogP) is 3.24. The maximum absolute atomic E-state index is 13.2. The summed E-state index contributed by atoms with van der Waals surface area (Å²) in [5, 5.41) is 19.8. The monoisotopic (exact) mass is 416 g/mol. The van der Waals surface area contributed by atoms with Crippen molar-refractivity contribution in [3.05, 3.63) is 23.5 Å². The van der Waals surface area contributed by atoms with E-state index in [1.807, 2.05) is 20.8 Å². The van der Waals surface area contributed by atoms with Gasteiger partial charge in [-0.15, -0.1) is 0 Å². The van der Waals surface area contributed by atoms with Crippen LogP contribution >= 0.6 is 0 Å². The lowest BCUT2D eigenvalue weighted by atomic mass is 9.46. The number of ether oxygens (including phenoxy) is 2.